The molecule has 0 radical (unpaired) electrons. The molecule has 114 valence electrons. The molecule has 1 aromatic carbocycles. The van der Waals surface area contributed by atoms with Crippen molar-refractivity contribution in [3.63, 3.8) is 0 Å². The first-order chi connectivity index (χ1) is 11.3. The van der Waals surface area contributed by atoms with Gasteiger partial charge < -0.3 is 9.64 Å². The van der Waals surface area contributed by atoms with Crippen molar-refractivity contribution in [2.75, 3.05) is 0 Å². The fourth-order valence-corrected chi connectivity index (χ4v) is 3.71. The third-order valence-corrected chi connectivity index (χ3v) is 4.80. The van der Waals surface area contributed by atoms with Crippen molar-refractivity contribution in [1.29, 1.82) is 0 Å². The number of hydrogen-bond donors (Lipinski definition) is 0. The highest BCUT2D eigenvalue weighted by Crippen LogP contribution is 2.43. The van der Waals surface area contributed by atoms with E-state index in [4.69, 9.17) is 4.74 Å². The van der Waals surface area contributed by atoms with E-state index in [-0.39, 0.29) is 5.78 Å². The normalized spacial score (nSPS) is 22.6. The van der Waals surface area contributed by atoms with Gasteiger partial charge in [-0.1, -0.05) is 55.1 Å². The van der Waals surface area contributed by atoms with Crippen molar-refractivity contribution in [2.24, 2.45) is 0 Å². The molecule has 0 N–H and O–H groups in total. The summed E-state index contributed by atoms with van der Waals surface area (Å²) in [6.45, 7) is 2.01. The quantitative estimate of drug-likeness (QED) is 0.747. The number of fused-ring (bicyclic) bond motifs is 1. The smallest absolute Gasteiger partial charge is 0.212 e. The predicted octanol–water partition coefficient (Wildman–Crippen LogP) is 4.55. The highest BCUT2D eigenvalue weighted by molar-refractivity contribution is 8.06. The van der Waals surface area contributed by atoms with Crippen LogP contribution in [0.4, 0.5) is 0 Å². The maximum Gasteiger partial charge on any atom is 0.212 e. The molecule has 0 atom stereocenters. The first-order valence-electron chi connectivity index (χ1n) is 7.56. The van der Waals surface area contributed by atoms with Crippen LogP contribution in [0.5, 0.6) is 0 Å². The van der Waals surface area contributed by atoms with Crippen LogP contribution >= 0.6 is 11.8 Å². The Hall–Kier alpha value is -2.46. The molecule has 0 bridgehead atoms. The average molecular weight is 321 g/mol. The molecule has 0 unspecified atom stereocenters. The third-order valence-electron chi connectivity index (χ3n) is 3.98. The number of hydrogen-bond acceptors (Lipinski definition) is 4. The topological polar surface area (TPSA) is 29.5 Å². The second-order valence-electron chi connectivity index (χ2n) is 5.32. The molecule has 0 spiro atoms. The highest BCUT2D eigenvalue weighted by Gasteiger charge is 2.37. The molecular weight excluding hydrogens is 306 g/mol. The van der Waals surface area contributed by atoms with Gasteiger partial charge in [-0.15, -0.1) is 0 Å². The van der Waals surface area contributed by atoms with Crippen LogP contribution in [0.2, 0.25) is 0 Å². The number of thioether (sulfide) groups is 1. The lowest BCUT2D eigenvalue weighted by molar-refractivity contribution is -0.112. The average Bonchev–Trinajstić information content (AvgIpc) is 3.17. The van der Waals surface area contributed by atoms with Gasteiger partial charge in [0.1, 0.15) is 11.5 Å². The lowest BCUT2D eigenvalue weighted by atomic mass is 10.1. The van der Waals surface area contributed by atoms with Crippen LogP contribution < -0.4 is 0 Å². The molecule has 3 heterocycles. The van der Waals surface area contributed by atoms with E-state index in [0.29, 0.717) is 17.2 Å². The maximum atomic E-state index is 12.8. The molecule has 1 aromatic rings. The van der Waals surface area contributed by atoms with E-state index < -0.39 is 0 Å². The lowest BCUT2D eigenvalue weighted by Crippen LogP contribution is -2.16. The van der Waals surface area contributed by atoms with Crippen molar-refractivity contribution in [1.82, 2.24) is 4.90 Å². The van der Waals surface area contributed by atoms with Gasteiger partial charge in [0.05, 0.1) is 5.70 Å². The van der Waals surface area contributed by atoms with E-state index in [1.807, 2.05) is 72.0 Å². The number of rotatable bonds is 2. The van der Waals surface area contributed by atoms with Crippen LogP contribution in [0.3, 0.4) is 0 Å². The fraction of sp³-hybridized carbons (Fsp3) is 0.105. The lowest BCUT2D eigenvalue weighted by Gasteiger charge is -2.20. The van der Waals surface area contributed by atoms with Crippen LogP contribution in [0.15, 0.2) is 82.2 Å². The largest absolute Gasteiger partial charge is 0.447 e. The number of nitrogens with zero attached hydrogens (tertiary/aromatic N) is 1. The Balaban J connectivity index is 1.70. The fourth-order valence-electron chi connectivity index (χ4n) is 2.87. The molecule has 3 aliphatic rings. The zero-order chi connectivity index (χ0) is 15.8. The Kier molecular flexibility index (Phi) is 3.46. The van der Waals surface area contributed by atoms with E-state index >= 15 is 0 Å². The maximum absolute atomic E-state index is 12.8. The molecule has 0 saturated carbocycles. The molecule has 0 fully saturated rings. The van der Waals surface area contributed by atoms with Gasteiger partial charge in [0.15, 0.2) is 5.09 Å². The van der Waals surface area contributed by atoms with Gasteiger partial charge in [0.25, 0.3) is 0 Å². The molecule has 4 rings (SSSR count). The molecular formula is C19H15NO2S. The molecule has 0 amide bonds. The van der Waals surface area contributed by atoms with Crippen molar-refractivity contribution in [3.05, 3.63) is 87.8 Å². The number of Topliss-reactive ketones (excluding diaryl/α,β-unsaturated/α-hetero) is 1. The Morgan fingerprint density at radius 1 is 1.17 bits per heavy atom. The standard InChI is InChI=1S/C19H15NO2S/c1-2-14-15-10-6-7-11-20(15)17(18(14)21)19-22-16(12-23-19)13-8-4-3-5-9-13/h3-12H,2H2,1H3/b19-17+. The summed E-state index contributed by atoms with van der Waals surface area (Å²) in [7, 11) is 0. The summed E-state index contributed by atoms with van der Waals surface area (Å²) in [5, 5.41) is 2.60. The van der Waals surface area contributed by atoms with E-state index in [9.17, 15) is 4.79 Å². The van der Waals surface area contributed by atoms with Crippen molar-refractivity contribution in [3.8, 4) is 0 Å². The van der Waals surface area contributed by atoms with E-state index in [0.717, 1.165) is 22.6 Å². The van der Waals surface area contributed by atoms with Crippen LogP contribution in [0.25, 0.3) is 5.76 Å². The minimum absolute atomic E-state index is 0.0592. The monoisotopic (exact) mass is 321 g/mol. The van der Waals surface area contributed by atoms with Crippen molar-refractivity contribution >= 4 is 23.3 Å². The Bertz CT molecular complexity index is 828. The first kappa shape index (κ1) is 14.2. The van der Waals surface area contributed by atoms with Crippen LogP contribution in [-0.2, 0) is 9.53 Å². The summed E-state index contributed by atoms with van der Waals surface area (Å²) in [6, 6.07) is 9.93. The van der Waals surface area contributed by atoms with Gasteiger partial charge in [-0.25, -0.2) is 0 Å². The van der Waals surface area contributed by atoms with E-state index in [1.165, 1.54) is 11.8 Å². The Labute approximate surface area is 139 Å². The zero-order valence-corrected chi connectivity index (χ0v) is 13.5. The SMILES string of the molecule is CCC1=C2C=CC=CN2/C(=C2\OC(c3ccccc3)=CS2)C1=O. The van der Waals surface area contributed by atoms with Gasteiger partial charge in [-0.05, 0) is 18.6 Å². The van der Waals surface area contributed by atoms with Gasteiger partial charge in [0, 0.05) is 22.7 Å². The molecule has 3 aliphatic heterocycles. The predicted molar refractivity (Wildman–Crippen MR) is 92.6 cm³/mol. The van der Waals surface area contributed by atoms with Gasteiger partial charge >= 0.3 is 0 Å². The number of ether oxygens (including phenoxy) is 1. The Morgan fingerprint density at radius 3 is 2.78 bits per heavy atom. The first-order valence-corrected chi connectivity index (χ1v) is 8.44. The molecule has 0 saturated heterocycles. The van der Waals surface area contributed by atoms with Crippen molar-refractivity contribution < 1.29 is 9.53 Å². The number of benzene rings is 1. The molecule has 0 aliphatic carbocycles. The highest BCUT2D eigenvalue weighted by atomic mass is 32.2. The van der Waals surface area contributed by atoms with Gasteiger partial charge in [0.2, 0.25) is 5.78 Å². The second kappa shape index (κ2) is 5.63. The summed E-state index contributed by atoms with van der Waals surface area (Å²) in [5.74, 6) is 0.845. The minimum atomic E-state index is 0.0592. The molecule has 4 heteroatoms. The number of carbonyl (C=O) groups is 1. The molecule has 23 heavy (non-hydrogen) atoms. The minimum Gasteiger partial charge on any atom is -0.447 e. The number of carbonyl (C=O) groups excluding carboxylic acids is 1. The van der Waals surface area contributed by atoms with Crippen LogP contribution in [-0.4, -0.2) is 10.7 Å². The summed E-state index contributed by atoms with van der Waals surface area (Å²) in [6.07, 6.45) is 8.50. The number of ketones is 1. The molecule has 3 nitrogen and oxygen atoms in total. The third kappa shape index (κ3) is 2.26. The number of allylic oxidation sites excluding steroid dienone is 4. The summed E-state index contributed by atoms with van der Waals surface area (Å²) < 4.78 is 6.00. The van der Waals surface area contributed by atoms with Crippen LogP contribution in [0, 0.1) is 0 Å². The van der Waals surface area contributed by atoms with E-state index in [2.05, 4.69) is 0 Å². The van der Waals surface area contributed by atoms with Crippen molar-refractivity contribution in [2.45, 2.75) is 13.3 Å². The van der Waals surface area contributed by atoms with E-state index in [1.54, 1.807) is 0 Å². The second-order valence-corrected chi connectivity index (χ2v) is 6.16. The summed E-state index contributed by atoms with van der Waals surface area (Å²) in [5.41, 5.74) is 3.42. The molecule has 0 aromatic heterocycles. The Morgan fingerprint density at radius 2 is 2.00 bits per heavy atom. The summed E-state index contributed by atoms with van der Waals surface area (Å²) >= 11 is 1.46. The van der Waals surface area contributed by atoms with Crippen LogP contribution in [0.1, 0.15) is 18.9 Å². The summed E-state index contributed by atoms with van der Waals surface area (Å²) in [4.78, 5) is 14.7. The zero-order valence-electron chi connectivity index (χ0n) is 12.7. The van der Waals surface area contributed by atoms with Gasteiger partial charge in [-0.2, -0.15) is 0 Å². The van der Waals surface area contributed by atoms with Gasteiger partial charge in [-0.3, -0.25) is 4.79 Å².